The Kier molecular flexibility index (Phi) is 4.91. The van der Waals surface area contributed by atoms with Crippen LogP contribution >= 0.6 is 0 Å². The summed E-state index contributed by atoms with van der Waals surface area (Å²) in [5.74, 6) is -1.03. The van der Waals surface area contributed by atoms with Crippen molar-refractivity contribution in [3.05, 3.63) is 42.5 Å². The molecule has 2 amide bonds. The second-order valence-corrected chi connectivity index (χ2v) is 5.39. The molecule has 0 bridgehead atoms. The summed E-state index contributed by atoms with van der Waals surface area (Å²) in [7, 11) is 0. The first-order chi connectivity index (χ1) is 9.25. The van der Waals surface area contributed by atoms with Crippen molar-refractivity contribution in [1.82, 2.24) is 4.90 Å². The molecule has 1 aromatic rings. The van der Waals surface area contributed by atoms with E-state index in [0.29, 0.717) is 12.2 Å². The second kappa shape index (κ2) is 6.23. The Bertz CT molecular complexity index is 518. The molecule has 5 heteroatoms. The van der Waals surface area contributed by atoms with Gasteiger partial charge in [0.25, 0.3) is 0 Å². The summed E-state index contributed by atoms with van der Waals surface area (Å²) in [4.78, 5) is 24.8. The highest BCUT2D eigenvalue weighted by atomic mass is 16.4. The molecule has 0 saturated carbocycles. The van der Waals surface area contributed by atoms with Crippen molar-refractivity contribution in [2.24, 2.45) is 0 Å². The third-order valence-corrected chi connectivity index (χ3v) is 2.73. The fourth-order valence-corrected chi connectivity index (χ4v) is 1.71. The summed E-state index contributed by atoms with van der Waals surface area (Å²) in [5, 5.41) is 11.6. The molecule has 2 N–H and O–H groups in total. The molecular weight excluding hydrogens is 256 g/mol. The van der Waals surface area contributed by atoms with Crippen LogP contribution in [0.25, 0.3) is 0 Å². The predicted octanol–water partition coefficient (Wildman–Crippen LogP) is 3.20. The lowest BCUT2D eigenvalue weighted by atomic mass is 10.1. The molecule has 108 valence electrons. The Morgan fingerprint density at radius 2 is 2.05 bits per heavy atom. The van der Waals surface area contributed by atoms with E-state index in [0.717, 1.165) is 0 Å². The number of carboxylic acid groups (broad SMARTS) is 1. The van der Waals surface area contributed by atoms with Crippen molar-refractivity contribution in [2.75, 3.05) is 11.9 Å². The van der Waals surface area contributed by atoms with Crippen LogP contribution in [0.15, 0.2) is 36.9 Å². The molecule has 20 heavy (non-hydrogen) atoms. The lowest BCUT2D eigenvalue weighted by Crippen LogP contribution is -2.47. The standard InChI is InChI=1S/C15H20N2O3/c1-5-9-17(15(2,3)4)14(20)16-12-8-6-7-11(10-12)13(18)19/h5-8,10H,1,9H2,2-4H3,(H,16,20)(H,18,19). The van der Waals surface area contributed by atoms with E-state index in [2.05, 4.69) is 11.9 Å². The number of hydrogen-bond acceptors (Lipinski definition) is 2. The molecule has 0 saturated heterocycles. The molecule has 1 rings (SSSR count). The van der Waals surface area contributed by atoms with Gasteiger partial charge in [-0.05, 0) is 39.0 Å². The molecule has 0 aliphatic heterocycles. The van der Waals surface area contributed by atoms with E-state index in [9.17, 15) is 9.59 Å². The molecular formula is C15H20N2O3. The highest BCUT2D eigenvalue weighted by molar-refractivity contribution is 5.93. The number of urea groups is 1. The number of nitrogens with zero attached hydrogens (tertiary/aromatic N) is 1. The molecule has 0 spiro atoms. The second-order valence-electron chi connectivity index (χ2n) is 5.39. The van der Waals surface area contributed by atoms with Crippen LogP contribution in [0, 0.1) is 0 Å². The van der Waals surface area contributed by atoms with E-state index in [-0.39, 0.29) is 17.1 Å². The lowest BCUT2D eigenvalue weighted by molar-refractivity contribution is 0.0697. The largest absolute Gasteiger partial charge is 0.478 e. The molecule has 0 unspecified atom stereocenters. The summed E-state index contributed by atoms with van der Waals surface area (Å²) in [6.45, 7) is 9.81. The number of anilines is 1. The predicted molar refractivity (Wildman–Crippen MR) is 79.1 cm³/mol. The van der Waals surface area contributed by atoms with E-state index < -0.39 is 5.97 Å². The number of benzene rings is 1. The van der Waals surface area contributed by atoms with Gasteiger partial charge in [0.2, 0.25) is 0 Å². The van der Waals surface area contributed by atoms with E-state index in [1.54, 1.807) is 23.1 Å². The minimum atomic E-state index is -1.03. The average molecular weight is 276 g/mol. The smallest absolute Gasteiger partial charge is 0.335 e. The molecule has 0 aliphatic rings. The maximum Gasteiger partial charge on any atom is 0.335 e. The van der Waals surface area contributed by atoms with Gasteiger partial charge in [-0.25, -0.2) is 9.59 Å². The zero-order valence-electron chi connectivity index (χ0n) is 12.0. The van der Waals surface area contributed by atoms with E-state index >= 15 is 0 Å². The molecule has 0 atom stereocenters. The molecule has 5 nitrogen and oxygen atoms in total. The quantitative estimate of drug-likeness (QED) is 0.830. The minimum Gasteiger partial charge on any atom is -0.478 e. The number of carboxylic acids is 1. The number of nitrogens with one attached hydrogen (secondary N) is 1. The molecule has 0 aromatic heterocycles. The Labute approximate surface area is 118 Å². The van der Waals surface area contributed by atoms with Gasteiger partial charge in [-0.2, -0.15) is 0 Å². The van der Waals surface area contributed by atoms with Gasteiger partial charge in [0, 0.05) is 17.8 Å². The molecule has 0 radical (unpaired) electrons. The van der Waals surface area contributed by atoms with E-state index in [4.69, 9.17) is 5.11 Å². The summed E-state index contributed by atoms with van der Waals surface area (Å²) in [6.07, 6.45) is 1.65. The van der Waals surface area contributed by atoms with Crippen LogP contribution in [0.3, 0.4) is 0 Å². The number of carbonyl (C=O) groups is 2. The molecule has 0 heterocycles. The van der Waals surface area contributed by atoms with Crippen LogP contribution in [0.2, 0.25) is 0 Å². The van der Waals surface area contributed by atoms with Gasteiger partial charge in [0.15, 0.2) is 0 Å². The van der Waals surface area contributed by atoms with Crippen molar-refractivity contribution in [3.63, 3.8) is 0 Å². The maximum absolute atomic E-state index is 12.3. The van der Waals surface area contributed by atoms with Gasteiger partial charge in [0.05, 0.1) is 5.56 Å². The number of rotatable bonds is 4. The average Bonchev–Trinajstić information content (AvgIpc) is 2.34. The topological polar surface area (TPSA) is 69.6 Å². The van der Waals surface area contributed by atoms with Gasteiger partial charge in [-0.15, -0.1) is 6.58 Å². The fraction of sp³-hybridized carbons (Fsp3) is 0.333. The monoisotopic (exact) mass is 276 g/mol. The summed E-state index contributed by atoms with van der Waals surface area (Å²) < 4.78 is 0. The van der Waals surface area contributed by atoms with E-state index in [1.165, 1.54) is 12.1 Å². The first-order valence-corrected chi connectivity index (χ1v) is 6.28. The van der Waals surface area contributed by atoms with Gasteiger partial charge in [-0.1, -0.05) is 12.1 Å². The summed E-state index contributed by atoms with van der Waals surface area (Å²) in [6, 6.07) is 5.85. The number of carbonyl (C=O) groups excluding carboxylic acids is 1. The Hall–Kier alpha value is -2.30. The first kappa shape index (κ1) is 15.8. The third-order valence-electron chi connectivity index (χ3n) is 2.73. The number of aromatic carboxylic acids is 1. The van der Waals surface area contributed by atoms with Crippen LogP contribution < -0.4 is 5.32 Å². The normalized spacial score (nSPS) is 10.8. The highest BCUT2D eigenvalue weighted by Gasteiger charge is 2.25. The third kappa shape index (κ3) is 4.12. The zero-order chi connectivity index (χ0) is 15.3. The summed E-state index contributed by atoms with van der Waals surface area (Å²) in [5.41, 5.74) is 0.227. The lowest BCUT2D eigenvalue weighted by Gasteiger charge is -2.34. The maximum atomic E-state index is 12.3. The Morgan fingerprint density at radius 1 is 1.40 bits per heavy atom. The number of hydrogen-bond donors (Lipinski definition) is 2. The van der Waals surface area contributed by atoms with E-state index in [1.807, 2.05) is 20.8 Å². The Balaban J connectivity index is 2.91. The van der Waals surface area contributed by atoms with Crippen LogP contribution in [-0.2, 0) is 0 Å². The van der Waals surface area contributed by atoms with Gasteiger partial charge >= 0.3 is 12.0 Å². The summed E-state index contributed by atoms with van der Waals surface area (Å²) >= 11 is 0. The minimum absolute atomic E-state index is 0.133. The van der Waals surface area contributed by atoms with Crippen LogP contribution in [-0.4, -0.2) is 34.1 Å². The van der Waals surface area contributed by atoms with Crippen molar-refractivity contribution in [3.8, 4) is 0 Å². The van der Waals surface area contributed by atoms with Gasteiger partial charge < -0.3 is 15.3 Å². The Morgan fingerprint density at radius 3 is 2.55 bits per heavy atom. The van der Waals surface area contributed by atoms with Crippen molar-refractivity contribution in [2.45, 2.75) is 26.3 Å². The van der Waals surface area contributed by atoms with Crippen molar-refractivity contribution in [1.29, 1.82) is 0 Å². The van der Waals surface area contributed by atoms with Crippen molar-refractivity contribution < 1.29 is 14.7 Å². The van der Waals surface area contributed by atoms with Crippen molar-refractivity contribution >= 4 is 17.7 Å². The van der Waals surface area contributed by atoms with Crippen LogP contribution in [0.4, 0.5) is 10.5 Å². The SMILES string of the molecule is C=CCN(C(=O)Nc1cccc(C(=O)O)c1)C(C)(C)C. The molecule has 0 fully saturated rings. The van der Waals surface area contributed by atoms with Gasteiger partial charge in [-0.3, -0.25) is 0 Å². The van der Waals surface area contributed by atoms with Gasteiger partial charge in [0.1, 0.15) is 0 Å². The highest BCUT2D eigenvalue weighted by Crippen LogP contribution is 2.17. The molecule has 1 aromatic carbocycles. The van der Waals surface area contributed by atoms with Crippen LogP contribution in [0.5, 0.6) is 0 Å². The number of amides is 2. The molecule has 0 aliphatic carbocycles. The first-order valence-electron chi connectivity index (χ1n) is 6.28. The fourth-order valence-electron chi connectivity index (χ4n) is 1.71. The zero-order valence-corrected chi connectivity index (χ0v) is 12.0. The van der Waals surface area contributed by atoms with Crippen LogP contribution in [0.1, 0.15) is 31.1 Å².